The normalized spacial score (nSPS) is 11.4. The van der Waals surface area contributed by atoms with Crippen molar-refractivity contribution in [3.8, 4) is 17.2 Å². The molecule has 0 saturated heterocycles. The first kappa shape index (κ1) is 16.5. The van der Waals surface area contributed by atoms with Crippen LogP contribution < -0.4 is 0 Å². The van der Waals surface area contributed by atoms with Crippen LogP contribution in [-0.2, 0) is 0 Å². The molecule has 0 N–H and O–H groups in total. The van der Waals surface area contributed by atoms with Crippen LogP contribution in [0.5, 0.6) is 0 Å². The summed E-state index contributed by atoms with van der Waals surface area (Å²) in [6, 6.07) is 21.5. The Labute approximate surface area is 163 Å². The summed E-state index contributed by atoms with van der Waals surface area (Å²) in [5.41, 5.74) is 8.63. The number of hydrogen-bond acceptors (Lipinski definition) is 2. The van der Waals surface area contributed by atoms with Crippen LogP contribution in [0.1, 0.15) is 22.4 Å². The van der Waals surface area contributed by atoms with Crippen LogP contribution >= 0.6 is 0 Å². The van der Waals surface area contributed by atoms with Gasteiger partial charge in [0.1, 0.15) is 11.7 Å². The van der Waals surface area contributed by atoms with Gasteiger partial charge in [0.05, 0.1) is 5.52 Å². The molecule has 0 aliphatic rings. The molecule has 3 aromatic carbocycles. The second-order valence-electron chi connectivity index (χ2n) is 7.43. The number of aryl methyl sites for hydroxylation is 3. The minimum absolute atomic E-state index is 0.441. The van der Waals surface area contributed by atoms with E-state index < -0.39 is 0 Å². The molecule has 0 amide bonds. The number of rotatable bonds is 1. The predicted octanol–water partition coefficient (Wildman–Crippen LogP) is 6.10. The van der Waals surface area contributed by atoms with Gasteiger partial charge in [-0.2, -0.15) is 5.26 Å². The van der Waals surface area contributed by atoms with Gasteiger partial charge in [0.15, 0.2) is 5.69 Å². The first-order valence-electron chi connectivity index (χ1n) is 9.39. The molecule has 5 rings (SSSR count). The fraction of sp³-hybridized carbons (Fsp3) is 0.120. The molecular formula is C25H19N3. The van der Waals surface area contributed by atoms with Crippen LogP contribution in [0.25, 0.3) is 38.4 Å². The topological polar surface area (TPSA) is 41.1 Å². The van der Waals surface area contributed by atoms with E-state index in [1.807, 2.05) is 12.3 Å². The Bertz CT molecular complexity index is 1430. The fourth-order valence-corrected chi connectivity index (χ4v) is 4.43. The number of pyridine rings is 1. The molecule has 0 bridgehead atoms. The van der Waals surface area contributed by atoms with Crippen molar-refractivity contribution in [3.05, 3.63) is 83.2 Å². The molecule has 134 valence electrons. The molecule has 2 aromatic heterocycles. The SMILES string of the molecule is Cc1cccc(C)c1-c1cc(C)c2c(c1)c1ccccc1c1nc(C#N)cn12. The molecule has 3 heteroatoms. The lowest BCUT2D eigenvalue weighted by Crippen LogP contribution is -1.95. The fourth-order valence-electron chi connectivity index (χ4n) is 4.43. The molecule has 0 aliphatic heterocycles. The Morgan fingerprint density at radius 1 is 0.821 bits per heavy atom. The van der Waals surface area contributed by atoms with Crippen molar-refractivity contribution >= 4 is 27.3 Å². The number of nitrogens with zero attached hydrogens (tertiary/aromatic N) is 3. The van der Waals surface area contributed by atoms with Gasteiger partial charge in [-0.25, -0.2) is 4.98 Å². The van der Waals surface area contributed by atoms with Crippen LogP contribution in [0.2, 0.25) is 0 Å². The number of imidazole rings is 1. The molecule has 0 fully saturated rings. The highest BCUT2D eigenvalue weighted by atomic mass is 15.0. The third kappa shape index (κ3) is 2.25. The molecule has 0 aliphatic carbocycles. The average Bonchev–Trinajstić information content (AvgIpc) is 3.12. The lowest BCUT2D eigenvalue weighted by atomic mass is 9.92. The van der Waals surface area contributed by atoms with E-state index >= 15 is 0 Å². The molecule has 3 nitrogen and oxygen atoms in total. The van der Waals surface area contributed by atoms with Gasteiger partial charge in [0.25, 0.3) is 0 Å². The third-order valence-electron chi connectivity index (χ3n) is 5.59. The second-order valence-corrected chi connectivity index (χ2v) is 7.43. The quantitative estimate of drug-likeness (QED) is 0.338. The van der Waals surface area contributed by atoms with Crippen molar-refractivity contribution in [2.75, 3.05) is 0 Å². The Hall–Kier alpha value is -3.64. The van der Waals surface area contributed by atoms with Crippen LogP contribution in [0.15, 0.2) is 60.8 Å². The summed E-state index contributed by atoms with van der Waals surface area (Å²) >= 11 is 0. The van der Waals surface area contributed by atoms with E-state index in [2.05, 4.69) is 84.8 Å². The number of fused-ring (bicyclic) bond motifs is 6. The highest BCUT2D eigenvalue weighted by molar-refractivity contribution is 6.13. The molecule has 28 heavy (non-hydrogen) atoms. The zero-order valence-corrected chi connectivity index (χ0v) is 16.1. The number of hydrogen-bond donors (Lipinski definition) is 0. The summed E-state index contributed by atoms with van der Waals surface area (Å²) in [6.07, 6.45) is 1.84. The van der Waals surface area contributed by atoms with Gasteiger partial charge in [0.2, 0.25) is 0 Å². The van der Waals surface area contributed by atoms with Crippen molar-refractivity contribution in [1.29, 1.82) is 5.26 Å². The van der Waals surface area contributed by atoms with Crippen molar-refractivity contribution in [1.82, 2.24) is 9.38 Å². The van der Waals surface area contributed by atoms with Gasteiger partial charge < -0.3 is 0 Å². The summed E-state index contributed by atoms with van der Waals surface area (Å²) in [7, 11) is 0. The molecule has 0 unspecified atom stereocenters. The maximum Gasteiger partial charge on any atom is 0.159 e. The van der Waals surface area contributed by atoms with Crippen LogP contribution in [0, 0.1) is 32.1 Å². The maximum atomic E-state index is 9.38. The molecule has 2 heterocycles. The van der Waals surface area contributed by atoms with Crippen molar-refractivity contribution in [3.63, 3.8) is 0 Å². The number of benzene rings is 3. The Morgan fingerprint density at radius 2 is 1.54 bits per heavy atom. The largest absolute Gasteiger partial charge is 0.297 e. The van der Waals surface area contributed by atoms with Gasteiger partial charge in [-0.15, -0.1) is 0 Å². The van der Waals surface area contributed by atoms with Gasteiger partial charge in [-0.3, -0.25) is 4.40 Å². The average molecular weight is 361 g/mol. The Morgan fingerprint density at radius 3 is 2.25 bits per heavy atom. The van der Waals surface area contributed by atoms with E-state index in [0.717, 1.165) is 21.9 Å². The second kappa shape index (κ2) is 5.94. The minimum atomic E-state index is 0.441. The van der Waals surface area contributed by atoms with Crippen molar-refractivity contribution in [2.45, 2.75) is 20.8 Å². The zero-order valence-electron chi connectivity index (χ0n) is 16.1. The van der Waals surface area contributed by atoms with E-state index in [9.17, 15) is 5.26 Å². The molecule has 0 atom stereocenters. The summed E-state index contributed by atoms with van der Waals surface area (Å²) in [6.45, 7) is 6.47. The van der Waals surface area contributed by atoms with Gasteiger partial charge in [-0.05, 0) is 66.1 Å². The standard InChI is InChI=1S/C25H19N3/c1-15-7-6-8-16(2)23(15)18-11-17(3)24-22(12-18)20-9-4-5-10-21(20)25-27-19(13-26)14-28(24)25/h4-12,14H,1-3H3. The van der Waals surface area contributed by atoms with E-state index in [-0.39, 0.29) is 0 Å². The van der Waals surface area contributed by atoms with E-state index in [4.69, 9.17) is 0 Å². The minimum Gasteiger partial charge on any atom is -0.297 e. The smallest absolute Gasteiger partial charge is 0.159 e. The maximum absolute atomic E-state index is 9.38. The van der Waals surface area contributed by atoms with Crippen LogP contribution in [-0.4, -0.2) is 9.38 Å². The summed E-state index contributed by atoms with van der Waals surface area (Å²) in [5, 5.41) is 12.8. The third-order valence-corrected chi connectivity index (χ3v) is 5.59. The van der Waals surface area contributed by atoms with E-state index in [0.29, 0.717) is 5.69 Å². The lowest BCUT2D eigenvalue weighted by molar-refractivity contribution is 1.25. The van der Waals surface area contributed by atoms with Crippen molar-refractivity contribution < 1.29 is 0 Å². The Kier molecular flexibility index (Phi) is 3.50. The zero-order chi connectivity index (χ0) is 19.4. The first-order valence-corrected chi connectivity index (χ1v) is 9.39. The van der Waals surface area contributed by atoms with Gasteiger partial charge in [-0.1, -0.05) is 42.5 Å². The molecule has 0 spiro atoms. The number of nitriles is 1. The van der Waals surface area contributed by atoms with Crippen molar-refractivity contribution in [2.24, 2.45) is 0 Å². The van der Waals surface area contributed by atoms with Gasteiger partial charge in [0, 0.05) is 17.0 Å². The molecule has 5 aromatic rings. The van der Waals surface area contributed by atoms with Crippen LogP contribution in [0.3, 0.4) is 0 Å². The lowest BCUT2D eigenvalue weighted by Gasteiger charge is -2.15. The van der Waals surface area contributed by atoms with Crippen LogP contribution in [0.4, 0.5) is 0 Å². The first-order chi connectivity index (χ1) is 13.6. The van der Waals surface area contributed by atoms with Gasteiger partial charge >= 0.3 is 0 Å². The highest BCUT2D eigenvalue weighted by Crippen LogP contribution is 2.36. The summed E-state index contributed by atoms with van der Waals surface area (Å²) < 4.78 is 2.07. The Balaban J connectivity index is 2.00. The predicted molar refractivity (Wildman–Crippen MR) is 115 cm³/mol. The monoisotopic (exact) mass is 361 g/mol. The van der Waals surface area contributed by atoms with E-state index in [1.54, 1.807) is 0 Å². The highest BCUT2D eigenvalue weighted by Gasteiger charge is 2.15. The number of aromatic nitrogens is 2. The molecular weight excluding hydrogens is 342 g/mol. The molecule has 0 radical (unpaired) electrons. The summed E-state index contributed by atoms with van der Waals surface area (Å²) in [5.74, 6) is 0. The molecule has 0 saturated carbocycles. The van der Waals surface area contributed by atoms with E-state index in [1.165, 1.54) is 33.2 Å². The summed E-state index contributed by atoms with van der Waals surface area (Å²) in [4.78, 5) is 4.56.